The van der Waals surface area contributed by atoms with E-state index in [1.807, 2.05) is 13.0 Å². The van der Waals surface area contributed by atoms with Crippen LogP contribution in [-0.2, 0) is 9.59 Å². The number of carbonyl (C=O) groups is 2. The van der Waals surface area contributed by atoms with Crippen LogP contribution in [0.3, 0.4) is 0 Å². The standard InChI is InChI=1S/C16H20ClNO3/c1-11-4-5-12(17)8-13(11)18-14(19)9-16(10-15(20)21)6-2-3-7-16/h4-5,8H,2-3,6-7,9-10H2,1H3,(H,18,19)(H,20,21). The van der Waals surface area contributed by atoms with E-state index in [-0.39, 0.29) is 24.2 Å². The molecular weight excluding hydrogens is 290 g/mol. The zero-order valence-corrected chi connectivity index (χ0v) is 12.9. The summed E-state index contributed by atoms with van der Waals surface area (Å²) < 4.78 is 0. The third-order valence-electron chi connectivity index (χ3n) is 4.20. The molecule has 5 heteroatoms. The minimum atomic E-state index is -0.830. The van der Waals surface area contributed by atoms with Gasteiger partial charge in [-0.15, -0.1) is 0 Å². The van der Waals surface area contributed by atoms with E-state index in [0.29, 0.717) is 10.7 Å². The number of nitrogens with one attached hydrogen (secondary N) is 1. The molecule has 0 aromatic heterocycles. The van der Waals surface area contributed by atoms with Crippen molar-refractivity contribution in [2.45, 2.75) is 45.4 Å². The van der Waals surface area contributed by atoms with Crippen molar-refractivity contribution in [2.24, 2.45) is 5.41 Å². The van der Waals surface area contributed by atoms with E-state index in [9.17, 15) is 9.59 Å². The van der Waals surface area contributed by atoms with Crippen LogP contribution in [-0.4, -0.2) is 17.0 Å². The number of anilines is 1. The highest BCUT2D eigenvalue weighted by Crippen LogP contribution is 2.44. The summed E-state index contributed by atoms with van der Waals surface area (Å²) in [6, 6.07) is 5.34. The highest BCUT2D eigenvalue weighted by molar-refractivity contribution is 6.31. The van der Waals surface area contributed by atoms with Crippen LogP contribution in [0.2, 0.25) is 5.02 Å². The molecule has 1 aromatic rings. The van der Waals surface area contributed by atoms with Gasteiger partial charge in [-0.05, 0) is 42.9 Å². The Labute approximate surface area is 129 Å². The number of hydrogen-bond donors (Lipinski definition) is 2. The van der Waals surface area contributed by atoms with Crippen LogP contribution in [0.25, 0.3) is 0 Å². The molecular formula is C16H20ClNO3. The first-order valence-corrected chi connectivity index (χ1v) is 7.56. The number of aliphatic carboxylic acids is 1. The second-order valence-corrected chi connectivity index (χ2v) is 6.40. The predicted octanol–water partition coefficient (Wildman–Crippen LogP) is 4.01. The number of carboxylic acid groups (broad SMARTS) is 1. The van der Waals surface area contributed by atoms with Crippen molar-refractivity contribution in [1.82, 2.24) is 0 Å². The van der Waals surface area contributed by atoms with Gasteiger partial charge in [0.05, 0.1) is 6.42 Å². The summed E-state index contributed by atoms with van der Waals surface area (Å²) in [5.74, 6) is -0.966. The highest BCUT2D eigenvalue weighted by Gasteiger charge is 2.38. The highest BCUT2D eigenvalue weighted by atomic mass is 35.5. The number of benzene rings is 1. The number of halogens is 1. The average molecular weight is 310 g/mol. The van der Waals surface area contributed by atoms with E-state index in [1.165, 1.54) is 0 Å². The molecule has 1 aliphatic carbocycles. The van der Waals surface area contributed by atoms with E-state index >= 15 is 0 Å². The van der Waals surface area contributed by atoms with E-state index in [0.717, 1.165) is 31.2 Å². The summed E-state index contributed by atoms with van der Waals surface area (Å²) in [4.78, 5) is 23.3. The molecule has 4 nitrogen and oxygen atoms in total. The van der Waals surface area contributed by atoms with Crippen molar-refractivity contribution in [3.05, 3.63) is 28.8 Å². The van der Waals surface area contributed by atoms with Crippen molar-refractivity contribution in [2.75, 3.05) is 5.32 Å². The lowest BCUT2D eigenvalue weighted by atomic mass is 9.79. The summed E-state index contributed by atoms with van der Waals surface area (Å²) in [5.41, 5.74) is 1.24. The van der Waals surface area contributed by atoms with Gasteiger partial charge in [-0.2, -0.15) is 0 Å². The Hall–Kier alpha value is -1.55. The molecule has 2 rings (SSSR count). The summed E-state index contributed by atoms with van der Waals surface area (Å²) >= 11 is 5.94. The van der Waals surface area contributed by atoms with Gasteiger partial charge >= 0.3 is 5.97 Å². The molecule has 0 spiro atoms. The zero-order chi connectivity index (χ0) is 15.5. The molecule has 0 aliphatic heterocycles. The molecule has 2 N–H and O–H groups in total. The van der Waals surface area contributed by atoms with Crippen LogP contribution in [0.15, 0.2) is 18.2 Å². The zero-order valence-electron chi connectivity index (χ0n) is 12.1. The first kappa shape index (κ1) is 15.8. The lowest BCUT2D eigenvalue weighted by Crippen LogP contribution is -2.27. The summed E-state index contributed by atoms with van der Waals surface area (Å²) in [6.45, 7) is 1.90. The molecule has 0 atom stereocenters. The maximum Gasteiger partial charge on any atom is 0.303 e. The first-order valence-electron chi connectivity index (χ1n) is 7.18. The number of carboxylic acids is 1. The van der Waals surface area contributed by atoms with Crippen LogP contribution in [0, 0.1) is 12.3 Å². The van der Waals surface area contributed by atoms with Crippen LogP contribution in [0.1, 0.15) is 44.1 Å². The van der Waals surface area contributed by atoms with Crippen molar-refractivity contribution in [1.29, 1.82) is 0 Å². The maximum atomic E-state index is 12.3. The van der Waals surface area contributed by atoms with Crippen LogP contribution >= 0.6 is 11.6 Å². The number of amides is 1. The lowest BCUT2D eigenvalue weighted by Gasteiger charge is -2.26. The van der Waals surface area contributed by atoms with Crippen LogP contribution < -0.4 is 5.32 Å². The molecule has 1 amide bonds. The van der Waals surface area contributed by atoms with Gasteiger partial charge in [0.25, 0.3) is 0 Å². The Morgan fingerprint density at radius 3 is 2.57 bits per heavy atom. The van der Waals surface area contributed by atoms with Crippen molar-refractivity contribution in [3.8, 4) is 0 Å². The molecule has 114 valence electrons. The Bertz CT molecular complexity index is 550. The predicted molar refractivity (Wildman–Crippen MR) is 82.6 cm³/mol. The Balaban J connectivity index is 2.06. The van der Waals surface area contributed by atoms with Crippen molar-refractivity contribution >= 4 is 29.2 Å². The third-order valence-corrected chi connectivity index (χ3v) is 4.43. The summed E-state index contributed by atoms with van der Waals surface area (Å²) in [5, 5.41) is 12.5. The number of carbonyl (C=O) groups excluding carboxylic acids is 1. The maximum absolute atomic E-state index is 12.3. The fourth-order valence-electron chi connectivity index (χ4n) is 3.13. The SMILES string of the molecule is Cc1ccc(Cl)cc1NC(=O)CC1(CC(=O)O)CCCC1. The lowest BCUT2D eigenvalue weighted by molar-refractivity contribution is -0.140. The Kier molecular flexibility index (Phi) is 4.88. The van der Waals surface area contributed by atoms with Gasteiger partial charge in [0, 0.05) is 17.1 Å². The Morgan fingerprint density at radius 2 is 1.95 bits per heavy atom. The number of rotatable bonds is 5. The number of aryl methyl sites for hydroxylation is 1. The fourth-order valence-corrected chi connectivity index (χ4v) is 3.30. The van der Waals surface area contributed by atoms with Gasteiger partial charge in [-0.3, -0.25) is 9.59 Å². The largest absolute Gasteiger partial charge is 0.481 e. The normalized spacial score (nSPS) is 16.7. The Morgan fingerprint density at radius 1 is 1.29 bits per heavy atom. The molecule has 0 bridgehead atoms. The average Bonchev–Trinajstić information content (AvgIpc) is 2.80. The van der Waals surface area contributed by atoms with Crippen molar-refractivity contribution in [3.63, 3.8) is 0 Å². The summed E-state index contributed by atoms with van der Waals surface area (Å²) in [7, 11) is 0. The van der Waals surface area contributed by atoms with Gasteiger partial charge in [0.2, 0.25) is 5.91 Å². The van der Waals surface area contributed by atoms with Crippen molar-refractivity contribution < 1.29 is 14.7 Å². The van der Waals surface area contributed by atoms with E-state index in [4.69, 9.17) is 16.7 Å². The minimum Gasteiger partial charge on any atom is -0.481 e. The van der Waals surface area contributed by atoms with Gasteiger partial charge in [-0.1, -0.05) is 30.5 Å². The van der Waals surface area contributed by atoms with Gasteiger partial charge < -0.3 is 10.4 Å². The molecule has 1 aliphatic rings. The minimum absolute atomic E-state index is 0.0644. The van der Waals surface area contributed by atoms with Crippen LogP contribution in [0.4, 0.5) is 5.69 Å². The van der Waals surface area contributed by atoms with E-state index in [2.05, 4.69) is 5.32 Å². The molecule has 1 fully saturated rings. The van der Waals surface area contributed by atoms with Gasteiger partial charge in [0.1, 0.15) is 0 Å². The van der Waals surface area contributed by atoms with Gasteiger partial charge in [0.15, 0.2) is 0 Å². The first-order chi connectivity index (χ1) is 9.90. The van der Waals surface area contributed by atoms with E-state index < -0.39 is 5.97 Å². The molecule has 21 heavy (non-hydrogen) atoms. The fraction of sp³-hybridized carbons (Fsp3) is 0.500. The second kappa shape index (κ2) is 6.48. The van der Waals surface area contributed by atoms with Gasteiger partial charge in [-0.25, -0.2) is 0 Å². The molecule has 1 saturated carbocycles. The smallest absolute Gasteiger partial charge is 0.303 e. The second-order valence-electron chi connectivity index (χ2n) is 5.96. The monoisotopic (exact) mass is 309 g/mol. The molecule has 0 heterocycles. The third kappa shape index (κ3) is 4.21. The topological polar surface area (TPSA) is 66.4 Å². The summed E-state index contributed by atoms with van der Waals surface area (Å²) in [6.07, 6.45) is 3.93. The molecule has 1 aromatic carbocycles. The molecule has 0 unspecified atom stereocenters. The number of hydrogen-bond acceptors (Lipinski definition) is 2. The quantitative estimate of drug-likeness (QED) is 0.863. The molecule has 0 radical (unpaired) electrons. The molecule has 0 saturated heterocycles. The van der Waals surface area contributed by atoms with Crippen LogP contribution in [0.5, 0.6) is 0 Å². The van der Waals surface area contributed by atoms with E-state index in [1.54, 1.807) is 12.1 Å².